The van der Waals surface area contributed by atoms with Crippen LogP contribution in [0, 0.1) is 0 Å². The first-order valence-corrected chi connectivity index (χ1v) is 10.7. The van der Waals surface area contributed by atoms with E-state index in [1.54, 1.807) is 48.0 Å². The maximum Gasteiger partial charge on any atom is 0.297 e. The predicted molar refractivity (Wildman–Crippen MR) is 120 cm³/mol. The van der Waals surface area contributed by atoms with Crippen molar-refractivity contribution in [1.82, 2.24) is 4.98 Å². The third-order valence-corrected chi connectivity index (χ3v) is 6.01. The molecule has 154 valence electrons. The Morgan fingerprint density at radius 3 is 2.90 bits per heavy atom. The standard InChI is InChI=1S/C23H15ClN2O4S/c1-2-9-29-15-5-3-4-13(11-15)19-18-20(27)16-12-14(24)6-7-17(16)30-21(18)22(28)26(19)23-25-8-10-31-23/h2-8,10-12,19H,1,9H2. The van der Waals surface area contributed by atoms with Crippen LogP contribution in [-0.4, -0.2) is 17.5 Å². The largest absolute Gasteiger partial charge is 0.490 e. The van der Waals surface area contributed by atoms with Crippen molar-refractivity contribution in [3.63, 3.8) is 0 Å². The fourth-order valence-electron chi connectivity index (χ4n) is 3.72. The zero-order valence-electron chi connectivity index (χ0n) is 16.1. The fraction of sp³-hybridized carbons (Fsp3) is 0.0870. The SMILES string of the molecule is C=CCOc1cccc(C2c3c(oc4ccc(Cl)cc4c3=O)C(=O)N2c2nccs2)c1. The summed E-state index contributed by atoms with van der Waals surface area (Å²) in [5, 5.41) is 2.99. The second-order valence-electron chi connectivity index (χ2n) is 6.88. The molecule has 3 heterocycles. The molecule has 1 aliphatic rings. The van der Waals surface area contributed by atoms with Crippen LogP contribution in [0.1, 0.15) is 27.7 Å². The van der Waals surface area contributed by atoms with Gasteiger partial charge >= 0.3 is 0 Å². The highest BCUT2D eigenvalue weighted by Crippen LogP contribution is 2.42. The predicted octanol–water partition coefficient (Wildman–Crippen LogP) is 5.22. The van der Waals surface area contributed by atoms with Crippen LogP contribution >= 0.6 is 22.9 Å². The van der Waals surface area contributed by atoms with E-state index >= 15 is 0 Å². The number of halogens is 1. The zero-order valence-corrected chi connectivity index (χ0v) is 17.7. The van der Waals surface area contributed by atoms with Gasteiger partial charge in [0.2, 0.25) is 5.76 Å². The van der Waals surface area contributed by atoms with Gasteiger partial charge in [-0.1, -0.05) is 36.4 Å². The van der Waals surface area contributed by atoms with Gasteiger partial charge < -0.3 is 9.15 Å². The second-order valence-corrected chi connectivity index (χ2v) is 8.19. The molecule has 1 amide bonds. The van der Waals surface area contributed by atoms with E-state index in [0.29, 0.717) is 39.0 Å². The number of carbonyl (C=O) groups is 1. The molecule has 0 saturated carbocycles. The number of nitrogens with zero attached hydrogens (tertiary/aromatic N) is 2. The quantitative estimate of drug-likeness (QED) is 0.390. The number of amides is 1. The Morgan fingerprint density at radius 2 is 2.13 bits per heavy atom. The van der Waals surface area contributed by atoms with Crippen molar-refractivity contribution in [1.29, 1.82) is 0 Å². The maximum absolute atomic E-state index is 13.5. The number of benzene rings is 2. The first kappa shape index (κ1) is 19.5. The van der Waals surface area contributed by atoms with Crippen LogP contribution in [0.2, 0.25) is 5.02 Å². The van der Waals surface area contributed by atoms with Gasteiger partial charge in [0.25, 0.3) is 5.91 Å². The summed E-state index contributed by atoms with van der Waals surface area (Å²) >= 11 is 7.42. The lowest BCUT2D eigenvalue weighted by molar-refractivity contribution is 0.0971. The molecule has 1 unspecified atom stereocenters. The van der Waals surface area contributed by atoms with E-state index in [9.17, 15) is 9.59 Å². The number of fused-ring (bicyclic) bond motifs is 2. The summed E-state index contributed by atoms with van der Waals surface area (Å²) < 4.78 is 11.6. The van der Waals surface area contributed by atoms with Gasteiger partial charge in [0.05, 0.1) is 17.0 Å². The van der Waals surface area contributed by atoms with E-state index < -0.39 is 11.9 Å². The first-order valence-electron chi connectivity index (χ1n) is 9.41. The molecule has 0 spiro atoms. The van der Waals surface area contributed by atoms with Crippen LogP contribution in [0.5, 0.6) is 5.75 Å². The lowest BCUT2D eigenvalue weighted by Crippen LogP contribution is -2.29. The highest BCUT2D eigenvalue weighted by Gasteiger charge is 2.44. The van der Waals surface area contributed by atoms with Gasteiger partial charge in [-0.2, -0.15) is 0 Å². The molecule has 1 aliphatic heterocycles. The van der Waals surface area contributed by atoms with E-state index in [0.717, 1.165) is 0 Å². The topological polar surface area (TPSA) is 72.6 Å². The Bertz CT molecular complexity index is 1380. The van der Waals surface area contributed by atoms with Crippen molar-refractivity contribution in [3.8, 4) is 5.75 Å². The average molecular weight is 451 g/mol. The van der Waals surface area contributed by atoms with Gasteiger partial charge in [-0.05, 0) is 35.9 Å². The number of carbonyl (C=O) groups excluding carboxylic acids is 1. The van der Waals surface area contributed by atoms with Gasteiger partial charge in [-0.15, -0.1) is 11.3 Å². The van der Waals surface area contributed by atoms with E-state index in [-0.39, 0.29) is 16.8 Å². The van der Waals surface area contributed by atoms with E-state index in [1.165, 1.54) is 16.2 Å². The smallest absolute Gasteiger partial charge is 0.297 e. The van der Waals surface area contributed by atoms with Crippen molar-refractivity contribution in [2.75, 3.05) is 11.5 Å². The van der Waals surface area contributed by atoms with Crippen LogP contribution in [-0.2, 0) is 0 Å². The number of hydrogen-bond acceptors (Lipinski definition) is 6. The molecule has 0 bridgehead atoms. The summed E-state index contributed by atoms with van der Waals surface area (Å²) in [4.78, 5) is 32.7. The third kappa shape index (κ3) is 3.22. The van der Waals surface area contributed by atoms with Gasteiger partial charge in [0, 0.05) is 16.6 Å². The molecule has 0 saturated heterocycles. The van der Waals surface area contributed by atoms with Crippen molar-refractivity contribution in [2.24, 2.45) is 0 Å². The molecule has 31 heavy (non-hydrogen) atoms. The fourth-order valence-corrected chi connectivity index (χ4v) is 4.56. The first-order chi connectivity index (χ1) is 15.1. The molecule has 0 N–H and O–H groups in total. The van der Waals surface area contributed by atoms with Gasteiger partial charge in [-0.3, -0.25) is 14.5 Å². The number of anilines is 1. The average Bonchev–Trinajstić information content (AvgIpc) is 3.40. The summed E-state index contributed by atoms with van der Waals surface area (Å²) in [6, 6.07) is 11.3. The van der Waals surface area contributed by atoms with Crippen LogP contribution in [0.4, 0.5) is 5.13 Å². The monoisotopic (exact) mass is 450 g/mol. The Morgan fingerprint density at radius 1 is 1.26 bits per heavy atom. The lowest BCUT2D eigenvalue weighted by Gasteiger charge is -2.23. The second kappa shape index (κ2) is 7.68. The van der Waals surface area contributed by atoms with Gasteiger partial charge in [0.15, 0.2) is 10.6 Å². The minimum Gasteiger partial charge on any atom is -0.490 e. The molecule has 6 nitrogen and oxygen atoms in total. The van der Waals surface area contributed by atoms with Crippen molar-refractivity contribution < 1.29 is 13.9 Å². The van der Waals surface area contributed by atoms with Crippen molar-refractivity contribution in [3.05, 3.63) is 98.8 Å². The van der Waals surface area contributed by atoms with Crippen molar-refractivity contribution >= 4 is 44.9 Å². The molecular formula is C23H15ClN2O4S. The number of thiazole rings is 1. The van der Waals surface area contributed by atoms with E-state index in [4.69, 9.17) is 20.8 Å². The highest BCUT2D eigenvalue weighted by molar-refractivity contribution is 7.13. The van der Waals surface area contributed by atoms with Crippen LogP contribution in [0.15, 0.2) is 75.9 Å². The Kier molecular flexibility index (Phi) is 4.84. The summed E-state index contributed by atoms with van der Waals surface area (Å²) in [6.45, 7) is 4.00. The molecule has 2 aromatic carbocycles. The summed E-state index contributed by atoms with van der Waals surface area (Å²) in [5.74, 6) is 0.198. The van der Waals surface area contributed by atoms with Gasteiger partial charge in [-0.25, -0.2) is 4.98 Å². The number of aromatic nitrogens is 1. The summed E-state index contributed by atoms with van der Waals surface area (Å²) in [6.07, 6.45) is 3.26. The normalized spacial score (nSPS) is 15.3. The van der Waals surface area contributed by atoms with Gasteiger partial charge in [0.1, 0.15) is 17.9 Å². The molecule has 5 rings (SSSR count). The van der Waals surface area contributed by atoms with E-state index in [1.807, 2.05) is 12.1 Å². The van der Waals surface area contributed by atoms with Crippen molar-refractivity contribution in [2.45, 2.75) is 6.04 Å². The third-order valence-electron chi connectivity index (χ3n) is 5.00. The molecule has 0 aliphatic carbocycles. The molecule has 1 atom stereocenters. The molecule has 8 heteroatoms. The Labute approximate surface area is 186 Å². The molecule has 2 aromatic heterocycles. The van der Waals surface area contributed by atoms with E-state index in [2.05, 4.69) is 11.6 Å². The number of rotatable bonds is 5. The minimum atomic E-state index is -0.708. The van der Waals surface area contributed by atoms with Crippen LogP contribution in [0.25, 0.3) is 11.0 Å². The summed E-state index contributed by atoms with van der Waals surface area (Å²) in [5.41, 5.74) is 0.978. The zero-order chi connectivity index (χ0) is 21.5. The molecular weight excluding hydrogens is 436 g/mol. The lowest BCUT2D eigenvalue weighted by atomic mass is 9.98. The summed E-state index contributed by atoms with van der Waals surface area (Å²) in [7, 11) is 0. The Balaban J connectivity index is 1.76. The number of ether oxygens (including phenoxy) is 1. The molecule has 4 aromatic rings. The Hall–Kier alpha value is -3.42. The van der Waals surface area contributed by atoms with Crippen LogP contribution < -0.4 is 15.1 Å². The van der Waals surface area contributed by atoms with Crippen LogP contribution in [0.3, 0.4) is 0 Å². The molecule has 0 fully saturated rings. The number of hydrogen-bond donors (Lipinski definition) is 0. The minimum absolute atomic E-state index is 0.0115. The maximum atomic E-state index is 13.5. The molecule has 0 radical (unpaired) electrons. The highest BCUT2D eigenvalue weighted by atomic mass is 35.5.